The third-order valence-electron chi connectivity index (χ3n) is 10.4. The van der Waals surface area contributed by atoms with E-state index in [4.69, 9.17) is 4.98 Å². The van der Waals surface area contributed by atoms with Gasteiger partial charge in [-0.2, -0.15) is 0 Å². The standard InChI is InChI=1S/C33H41N5O3/c1-21-23(7-5-9-25(21)34-3)24-8-6-10-26(22(24)2)36-30(39)29-35-27-19-38(17-11-28(27)37(29)4)18-16-32-12-14-33(20-32,15-13-32)31(40)41/h5-10,34H,11-20H2,1-4H3,(H,36,39)(H,40,41). The van der Waals surface area contributed by atoms with Crippen molar-refractivity contribution in [3.63, 3.8) is 0 Å². The highest BCUT2D eigenvalue weighted by atomic mass is 16.4. The number of hydrogen-bond donors (Lipinski definition) is 3. The number of anilines is 2. The van der Waals surface area contributed by atoms with E-state index >= 15 is 0 Å². The molecule has 2 aliphatic carbocycles. The Morgan fingerprint density at radius 3 is 2.29 bits per heavy atom. The number of carboxylic acid groups (broad SMARTS) is 1. The Morgan fingerprint density at radius 1 is 1.00 bits per heavy atom. The first kappa shape index (κ1) is 27.5. The lowest BCUT2D eigenvalue weighted by atomic mass is 9.80. The molecule has 2 fully saturated rings. The van der Waals surface area contributed by atoms with Crippen molar-refractivity contribution < 1.29 is 14.7 Å². The van der Waals surface area contributed by atoms with Gasteiger partial charge in [0.05, 0.1) is 11.1 Å². The quantitative estimate of drug-likeness (QED) is 0.326. The van der Waals surface area contributed by atoms with Crippen LogP contribution in [0.2, 0.25) is 0 Å². The van der Waals surface area contributed by atoms with Crippen LogP contribution in [0, 0.1) is 24.7 Å². The molecule has 8 heteroatoms. The molecular weight excluding hydrogens is 514 g/mol. The number of nitrogens with one attached hydrogen (secondary N) is 2. The van der Waals surface area contributed by atoms with E-state index in [2.05, 4.69) is 40.7 Å². The van der Waals surface area contributed by atoms with Gasteiger partial charge in [-0.1, -0.05) is 24.3 Å². The summed E-state index contributed by atoms with van der Waals surface area (Å²) in [4.78, 5) is 32.6. The van der Waals surface area contributed by atoms with Crippen LogP contribution in [0.5, 0.6) is 0 Å². The number of rotatable bonds is 8. The summed E-state index contributed by atoms with van der Waals surface area (Å²) in [7, 11) is 3.87. The fourth-order valence-electron chi connectivity index (χ4n) is 7.77. The van der Waals surface area contributed by atoms with E-state index < -0.39 is 11.4 Å². The number of amides is 1. The summed E-state index contributed by atoms with van der Waals surface area (Å²) in [5.74, 6) is -0.361. The number of carbonyl (C=O) groups excluding carboxylic acids is 1. The van der Waals surface area contributed by atoms with Gasteiger partial charge in [0.2, 0.25) is 0 Å². The number of fused-ring (bicyclic) bond motifs is 3. The molecule has 0 spiro atoms. The van der Waals surface area contributed by atoms with Crippen LogP contribution in [0.4, 0.5) is 11.4 Å². The first-order valence-corrected chi connectivity index (χ1v) is 14.8. The van der Waals surface area contributed by atoms with E-state index in [0.717, 1.165) is 104 Å². The monoisotopic (exact) mass is 555 g/mol. The van der Waals surface area contributed by atoms with Crippen LogP contribution < -0.4 is 10.6 Å². The van der Waals surface area contributed by atoms with Crippen molar-refractivity contribution in [1.29, 1.82) is 0 Å². The summed E-state index contributed by atoms with van der Waals surface area (Å²) in [6, 6.07) is 12.3. The third kappa shape index (κ3) is 4.72. The summed E-state index contributed by atoms with van der Waals surface area (Å²) in [5.41, 5.74) is 8.12. The molecule has 0 atom stereocenters. The molecule has 6 rings (SSSR count). The molecule has 216 valence electrons. The van der Waals surface area contributed by atoms with Crippen LogP contribution in [0.15, 0.2) is 36.4 Å². The van der Waals surface area contributed by atoms with Crippen molar-refractivity contribution in [1.82, 2.24) is 14.5 Å². The van der Waals surface area contributed by atoms with Gasteiger partial charge in [-0.25, -0.2) is 4.98 Å². The number of imidazole rings is 1. The van der Waals surface area contributed by atoms with Gasteiger partial charge >= 0.3 is 5.97 Å². The third-order valence-corrected chi connectivity index (χ3v) is 10.4. The number of carboxylic acids is 1. The number of hydrogen-bond acceptors (Lipinski definition) is 5. The van der Waals surface area contributed by atoms with Crippen LogP contribution in [0.25, 0.3) is 11.1 Å². The summed E-state index contributed by atoms with van der Waals surface area (Å²) < 4.78 is 1.95. The van der Waals surface area contributed by atoms with E-state index in [-0.39, 0.29) is 11.3 Å². The molecule has 1 aromatic heterocycles. The van der Waals surface area contributed by atoms with E-state index in [1.165, 1.54) is 5.56 Å². The molecular formula is C33H41N5O3. The normalized spacial score (nSPS) is 23.4. The SMILES string of the molecule is CNc1cccc(-c2cccc(NC(=O)c3nc4c(n3C)CCN(CCC35CCC(C(=O)O)(CC3)C5)C4)c2C)c1C. The Morgan fingerprint density at radius 2 is 1.66 bits per heavy atom. The molecule has 1 amide bonds. The maximum Gasteiger partial charge on any atom is 0.309 e. The molecule has 3 aromatic rings. The number of nitrogens with zero attached hydrogens (tertiary/aromatic N) is 3. The summed E-state index contributed by atoms with van der Waals surface area (Å²) in [6.45, 7) is 6.77. The lowest BCUT2D eigenvalue weighted by molar-refractivity contribution is -0.148. The van der Waals surface area contributed by atoms with Crippen molar-refractivity contribution >= 4 is 23.3 Å². The van der Waals surface area contributed by atoms with E-state index in [9.17, 15) is 14.7 Å². The Balaban J connectivity index is 1.15. The fraction of sp³-hybridized carbons (Fsp3) is 0.485. The molecule has 2 aromatic carbocycles. The molecule has 0 saturated heterocycles. The van der Waals surface area contributed by atoms with Gasteiger partial charge in [-0.05, 0) is 98.7 Å². The van der Waals surface area contributed by atoms with Crippen molar-refractivity contribution in [3.05, 3.63) is 64.7 Å². The van der Waals surface area contributed by atoms with Gasteiger partial charge < -0.3 is 20.3 Å². The highest BCUT2D eigenvalue weighted by molar-refractivity contribution is 6.03. The second-order valence-corrected chi connectivity index (χ2v) is 12.6. The smallest absolute Gasteiger partial charge is 0.309 e. The van der Waals surface area contributed by atoms with Gasteiger partial charge in [0.15, 0.2) is 5.82 Å². The number of aliphatic carboxylic acids is 1. The fourth-order valence-corrected chi connectivity index (χ4v) is 7.77. The van der Waals surface area contributed by atoms with E-state index in [0.29, 0.717) is 5.82 Å². The molecule has 41 heavy (non-hydrogen) atoms. The zero-order valence-electron chi connectivity index (χ0n) is 24.6. The van der Waals surface area contributed by atoms with Crippen LogP contribution in [0.1, 0.15) is 71.7 Å². The predicted octanol–water partition coefficient (Wildman–Crippen LogP) is 5.78. The van der Waals surface area contributed by atoms with Gasteiger partial charge in [-0.3, -0.25) is 14.5 Å². The maximum atomic E-state index is 13.5. The minimum Gasteiger partial charge on any atom is -0.481 e. The lowest BCUT2D eigenvalue weighted by Gasteiger charge is -2.32. The number of aromatic nitrogens is 2. The Kier molecular flexibility index (Phi) is 6.92. The molecule has 2 heterocycles. The maximum absolute atomic E-state index is 13.5. The van der Waals surface area contributed by atoms with Gasteiger partial charge in [-0.15, -0.1) is 0 Å². The van der Waals surface area contributed by atoms with Gasteiger partial charge in [0.1, 0.15) is 0 Å². The van der Waals surface area contributed by atoms with Crippen molar-refractivity contribution in [3.8, 4) is 11.1 Å². The average Bonchev–Trinajstić information content (AvgIpc) is 3.64. The topological polar surface area (TPSA) is 99.5 Å². The molecule has 0 radical (unpaired) electrons. The highest BCUT2D eigenvalue weighted by Crippen LogP contribution is 2.63. The minimum atomic E-state index is -0.598. The zero-order chi connectivity index (χ0) is 28.9. The summed E-state index contributed by atoms with van der Waals surface area (Å²) in [5, 5.41) is 16.1. The molecule has 8 nitrogen and oxygen atoms in total. The van der Waals surface area contributed by atoms with Gasteiger partial charge in [0, 0.05) is 50.7 Å². The lowest BCUT2D eigenvalue weighted by Crippen LogP contribution is -2.34. The van der Waals surface area contributed by atoms with Crippen LogP contribution >= 0.6 is 0 Å². The second kappa shape index (κ2) is 10.3. The Hall–Kier alpha value is -3.65. The first-order valence-electron chi connectivity index (χ1n) is 14.8. The Bertz CT molecular complexity index is 1520. The highest BCUT2D eigenvalue weighted by Gasteiger charge is 2.57. The van der Waals surface area contributed by atoms with Crippen LogP contribution in [0.3, 0.4) is 0 Å². The molecule has 2 saturated carbocycles. The first-order chi connectivity index (χ1) is 19.7. The van der Waals surface area contributed by atoms with Crippen molar-refractivity contribution in [2.45, 2.75) is 65.3 Å². The van der Waals surface area contributed by atoms with Crippen molar-refractivity contribution in [2.75, 3.05) is 30.8 Å². The molecule has 1 aliphatic heterocycles. The van der Waals surface area contributed by atoms with Crippen LogP contribution in [-0.2, 0) is 24.8 Å². The molecule has 0 unspecified atom stereocenters. The minimum absolute atomic E-state index is 0.188. The average molecular weight is 556 g/mol. The molecule has 3 aliphatic rings. The Labute approximate surface area is 242 Å². The molecule has 3 N–H and O–H groups in total. The predicted molar refractivity (Wildman–Crippen MR) is 161 cm³/mol. The summed E-state index contributed by atoms with van der Waals surface area (Å²) >= 11 is 0. The van der Waals surface area contributed by atoms with E-state index in [1.54, 1.807) is 0 Å². The number of benzene rings is 2. The van der Waals surface area contributed by atoms with E-state index in [1.807, 2.05) is 43.8 Å². The second-order valence-electron chi connectivity index (χ2n) is 12.6. The number of carbonyl (C=O) groups is 2. The molecule has 2 bridgehead atoms. The van der Waals surface area contributed by atoms with Crippen molar-refractivity contribution in [2.24, 2.45) is 17.9 Å². The summed E-state index contributed by atoms with van der Waals surface area (Å²) in [6.07, 6.45) is 6.47. The zero-order valence-corrected chi connectivity index (χ0v) is 24.6. The largest absolute Gasteiger partial charge is 0.481 e. The van der Waals surface area contributed by atoms with Crippen LogP contribution in [-0.4, -0.2) is 51.6 Å². The van der Waals surface area contributed by atoms with Gasteiger partial charge in [0.25, 0.3) is 5.91 Å².